The zero-order chi connectivity index (χ0) is 19.4. The standard InChI is InChI=1S/C21H23N3O3/c1-14(16-7-4-3-5-8-16)22-19(26)21(11-12-21)20(27)24-18-10-6-9-17(13-18)23-15(2)25/h3-10,13-14H,11-12H2,1-2H3,(H,22,26)(H,23,25)(H,24,27). The summed E-state index contributed by atoms with van der Waals surface area (Å²) in [6.45, 7) is 3.32. The number of nitrogens with one attached hydrogen (secondary N) is 3. The highest BCUT2D eigenvalue weighted by atomic mass is 16.2. The lowest BCUT2D eigenvalue weighted by atomic mass is 10.0. The smallest absolute Gasteiger partial charge is 0.240 e. The van der Waals surface area contributed by atoms with Crippen LogP contribution in [0.15, 0.2) is 54.6 Å². The molecule has 0 heterocycles. The van der Waals surface area contributed by atoms with Crippen molar-refractivity contribution >= 4 is 29.1 Å². The van der Waals surface area contributed by atoms with E-state index in [0.29, 0.717) is 24.2 Å². The molecule has 0 saturated heterocycles. The third kappa shape index (κ3) is 4.34. The van der Waals surface area contributed by atoms with Gasteiger partial charge in [-0.3, -0.25) is 14.4 Å². The molecule has 1 aliphatic rings. The van der Waals surface area contributed by atoms with Crippen molar-refractivity contribution in [1.29, 1.82) is 0 Å². The summed E-state index contributed by atoms with van der Waals surface area (Å²) in [5.41, 5.74) is 1.10. The molecule has 140 valence electrons. The molecule has 1 atom stereocenters. The summed E-state index contributed by atoms with van der Waals surface area (Å²) < 4.78 is 0. The number of rotatable bonds is 6. The lowest BCUT2D eigenvalue weighted by molar-refractivity contribution is -0.134. The van der Waals surface area contributed by atoms with Gasteiger partial charge < -0.3 is 16.0 Å². The number of anilines is 2. The van der Waals surface area contributed by atoms with Gasteiger partial charge in [-0.25, -0.2) is 0 Å². The molecule has 2 aromatic rings. The van der Waals surface area contributed by atoms with E-state index in [2.05, 4.69) is 16.0 Å². The summed E-state index contributed by atoms with van der Waals surface area (Å²) in [5.74, 6) is -0.763. The van der Waals surface area contributed by atoms with Crippen molar-refractivity contribution in [2.24, 2.45) is 5.41 Å². The second-order valence-corrected chi connectivity index (χ2v) is 6.90. The molecule has 1 aliphatic carbocycles. The van der Waals surface area contributed by atoms with E-state index in [1.54, 1.807) is 24.3 Å². The highest BCUT2D eigenvalue weighted by Gasteiger charge is 2.56. The lowest BCUT2D eigenvalue weighted by Gasteiger charge is -2.20. The maximum Gasteiger partial charge on any atom is 0.240 e. The number of carbonyl (C=O) groups excluding carboxylic acids is 3. The minimum absolute atomic E-state index is 0.174. The van der Waals surface area contributed by atoms with Gasteiger partial charge in [0.05, 0.1) is 6.04 Å². The quantitative estimate of drug-likeness (QED) is 0.687. The Hall–Kier alpha value is -3.15. The maximum atomic E-state index is 12.7. The van der Waals surface area contributed by atoms with Crippen LogP contribution >= 0.6 is 0 Å². The summed E-state index contributed by atoms with van der Waals surface area (Å²) >= 11 is 0. The number of hydrogen-bond acceptors (Lipinski definition) is 3. The SMILES string of the molecule is CC(=O)Nc1cccc(NC(=O)C2(C(=O)NC(C)c3ccccc3)CC2)c1. The second kappa shape index (κ2) is 7.61. The molecule has 1 saturated carbocycles. The monoisotopic (exact) mass is 365 g/mol. The third-order valence-electron chi connectivity index (χ3n) is 4.71. The maximum absolute atomic E-state index is 12.7. The second-order valence-electron chi connectivity index (χ2n) is 6.90. The van der Waals surface area contributed by atoms with E-state index in [-0.39, 0.29) is 23.8 Å². The lowest BCUT2D eigenvalue weighted by Crippen LogP contribution is -2.41. The first-order valence-corrected chi connectivity index (χ1v) is 8.96. The number of amides is 3. The topological polar surface area (TPSA) is 87.3 Å². The average Bonchev–Trinajstić information content (AvgIpc) is 3.44. The Morgan fingerprint density at radius 1 is 0.889 bits per heavy atom. The fourth-order valence-electron chi connectivity index (χ4n) is 2.97. The Morgan fingerprint density at radius 2 is 1.52 bits per heavy atom. The van der Waals surface area contributed by atoms with Crippen LogP contribution in [0.25, 0.3) is 0 Å². The fourth-order valence-corrected chi connectivity index (χ4v) is 2.97. The fraction of sp³-hybridized carbons (Fsp3) is 0.286. The first kappa shape index (κ1) is 18.6. The van der Waals surface area contributed by atoms with Crippen molar-refractivity contribution in [3.63, 3.8) is 0 Å². The highest BCUT2D eigenvalue weighted by molar-refractivity contribution is 6.13. The molecule has 0 radical (unpaired) electrons. The van der Waals surface area contributed by atoms with Crippen LogP contribution in [0.2, 0.25) is 0 Å². The molecule has 0 spiro atoms. The van der Waals surface area contributed by atoms with Crippen LogP contribution in [0.5, 0.6) is 0 Å². The zero-order valence-corrected chi connectivity index (χ0v) is 15.4. The number of hydrogen-bond donors (Lipinski definition) is 3. The van der Waals surface area contributed by atoms with E-state index < -0.39 is 5.41 Å². The van der Waals surface area contributed by atoms with E-state index in [1.807, 2.05) is 37.3 Å². The van der Waals surface area contributed by atoms with E-state index in [4.69, 9.17) is 0 Å². The molecule has 3 N–H and O–H groups in total. The van der Waals surface area contributed by atoms with E-state index >= 15 is 0 Å². The molecule has 6 heteroatoms. The van der Waals surface area contributed by atoms with Gasteiger partial charge in [0, 0.05) is 18.3 Å². The molecule has 0 aromatic heterocycles. The predicted octanol–water partition coefficient (Wildman–Crippen LogP) is 3.24. The molecule has 0 bridgehead atoms. The minimum Gasteiger partial charge on any atom is -0.349 e. The van der Waals surface area contributed by atoms with Crippen LogP contribution in [-0.4, -0.2) is 17.7 Å². The van der Waals surface area contributed by atoms with Crippen LogP contribution in [0.4, 0.5) is 11.4 Å². The van der Waals surface area contributed by atoms with Crippen molar-refractivity contribution in [3.05, 3.63) is 60.2 Å². The van der Waals surface area contributed by atoms with Gasteiger partial charge in [0.2, 0.25) is 17.7 Å². The first-order valence-electron chi connectivity index (χ1n) is 8.96. The van der Waals surface area contributed by atoms with Gasteiger partial charge in [0.1, 0.15) is 5.41 Å². The molecule has 1 unspecified atom stereocenters. The minimum atomic E-state index is -1.02. The van der Waals surface area contributed by atoms with Gasteiger partial charge >= 0.3 is 0 Å². The average molecular weight is 365 g/mol. The Morgan fingerprint density at radius 3 is 2.11 bits per heavy atom. The highest BCUT2D eigenvalue weighted by Crippen LogP contribution is 2.47. The van der Waals surface area contributed by atoms with Crippen molar-refractivity contribution in [2.45, 2.75) is 32.7 Å². The van der Waals surface area contributed by atoms with Crippen LogP contribution in [0.3, 0.4) is 0 Å². The number of benzene rings is 2. The van der Waals surface area contributed by atoms with Gasteiger partial charge in [-0.15, -0.1) is 0 Å². The molecule has 6 nitrogen and oxygen atoms in total. The van der Waals surface area contributed by atoms with Gasteiger partial charge in [-0.1, -0.05) is 36.4 Å². The van der Waals surface area contributed by atoms with Crippen molar-refractivity contribution in [1.82, 2.24) is 5.32 Å². The van der Waals surface area contributed by atoms with E-state index in [0.717, 1.165) is 5.56 Å². The zero-order valence-electron chi connectivity index (χ0n) is 15.4. The summed E-state index contributed by atoms with van der Waals surface area (Å²) in [7, 11) is 0. The molecule has 2 aromatic carbocycles. The molecule has 1 fully saturated rings. The number of carbonyl (C=O) groups is 3. The Balaban J connectivity index is 1.65. The predicted molar refractivity (Wildman–Crippen MR) is 104 cm³/mol. The Kier molecular flexibility index (Phi) is 5.26. The summed E-state index contributed by atoms with van der Waals surface area (Å²) in [6, 6.07) is 16.3. The van der Waals surface area contributed by atoms with Crippen LogP contribution in [-0.2, 0) is 14.4 Å². The third-order valence-corrected chi connectivity index (χ3v) is 4.71. The van der Waals surface area contributed by atoms with E-state index in [9.17, 15) is 14.4 Å². The van der Waals surface area contributed by atoms with Gasteiger partial charge in [0.25, 0.3) is 0 Å². The molecule has 27 heavy (non-hydrogen) atoms. The van der Waals surface area contributed by atoms with Crippen molar-refractivity contribution in [3.8, 4) is 0 Å². The normalized spacial score (nSPS) is 15.3. The largest absolute Gasteiger partial charge is 0.349 e. The van der Waals surface area contributed by atoms with Gasteiger partial charge in [-0.2, -0.15) is 0 Å². The Bertz CT molecular complexity index is 860. The van der Waals surface area contributed by atoms with Crippen LogP contribution in [0, 0.1) is 5.41 Å². The van der Waals surface area contributed by atoms with Crippen LogP contribution < -0.4 is 16.0 Å². The van der Waals surface area contributed by atoms with Gasteiger partial charge in [-0.05, 0) is 43.5 Å². The Labute approximate surface area is 158 Å². The molecule has 3 rings (SSSR count). The molecule has 3 amide bonds. The van der Waals surface area contributed by atoms with E-state index in [1.165, 1.54) is 6.92 Å². The van der Waals surface area contributed by atoms with Gasteiger partial charge in [0.15, 0.2) is 0 Å². The van der Waals surface area contributed by atoms with Crippen molar-refractivity contribution < 1.29 is 14.4 Å². The van der Waals surface area contributed by atoms with Crippen LogP contribution in [0.1, 0.15) is 38.3 Å². The molecular weight excluding hydrogens is 342 g/mol. The summed E-state index contributed by atoms with van der Waals surface area (Å²) in [5, 5.41) is 8.42. The first-order chi connectivity index (χ1) is 12.9. The molecule has 0 aliphatic heterocycles. The summed E-state index contributed by atoms with van der Waals surface area (Å²) in [6.07, 6.45) is 1.05. The summed E-state index contributed by atoms with van der Waals surface area (Å²) in [4.78, 5) is 36.6. The molecular formula is C21H23N3O3. The van der Waals surface area contributed by atoms with Crippen molar-refractivity contribution in [2.75, 3.05) is 10.6 Å².